The summed E-state index contributed by atoms with van der Waals surface area (Å²) in [5.74, 6) is -0.213. The van der Waals surface area contributed by atoms with E-state index in [-0.39, 0.29) is 5.97 Å². The van der Waals surface area contributed by atoms with Gasteiger partial charge in [0.1, 0.15) is 6.61 Å². The van der Waals surface area contributed by atoms with Crippen LogP contribution in [0.25, 0.3) is 0 Å². The normalized spacial score (nSPS) is 16.8. The molecule has 1 aliphatic rings. The molecule has 0 unspecified atom stereocenters. The molecule has 1 heterocycles. The van der Waals surface area contributed by atoms with Crippen LogP contribution in [0.1, 0.15) is 38.7 Å². The number of rotatable bonds is 6. The molecule has 0 radical (unpaired) electrons. The van der Waals surface area contributed by atoms with Crippen molar-refractivity contribution in [2.75, 3.05) is 6.61 Å². The van der Waals surface area contributed by atoms with Crippen LogP contribution in [0, 0.1) is 0 Å². The summed E-state index contributed by atoms with van der Waals surface area (Å²) in [7, 11) is 0. The molecule has 0 aliphatic carbocycles. The van der Waals surface area contributed by atoms with E-state index in [1.165, 1.54) is 0 Å². The topological polar surface area (TPSA) is 26.3 Å². The minimum Gasteiger partial charge on any atom is -0.457 e. The highest BCUT2D eigenvalue weighted by atomic mass is 16.5. The summed E-state index contributed by atoms with van der Waals surface area (Å²) in [6.45, 7) is 8.58. The molecule has 0 spiro atoms. The number of ether oxygens (including phenoxy) is 1. The second kappa shape index (κ2) is 7.79. The highest BCUT2D eigenvalue weighted by Gasteiger charge is 2.25. The summed E-state index contributed by atoms with van der Waals surface area (Å²) < 4.78 is 5.38. The Kier molecular flexibility index (Phi) is 5.76. The van der Waals surface area contributed by atoms with Crippen LogP contribution in [-0.4, -0.2) is 12.6 Å². The van der Waals surface area contributed by atoms with Gasteiger partial charge in [0.2, 0.25) is 0 Å². The van der Waals surface area contributed by atoms with Gasteiger partial charge in [-0.3, -0.25) is 0 Å². The highest BCUT2D eigenvalue weighted by Crippen LogP contribution is 2.30. The molecule has 0 amide bonds. The van der Waals surface area contributed by atoms with Crippen molar-refractivity contribution < 1.29 is 9.53 Å². The maximum absolute atomic E-state index is 12.2. The fourth-order valence-corrected chi connectivity index (χ4v) is 2.73. The van der Waals surface area contributed by atoms with Gasteiger partial charge in [0.15, 0.2) is 0 Å². The van der Waals surface area contributed by atoms with E-state index in [2.05, 4.69) is 19.6 Å². The lowest BCUT2D eigenvalue weighted by atomic mass is 9.88. The van der Waals surface area contributed by atoms with Crippen molar-refractivity contribution in [2.24, 2.45) is 0 Å². The molecule has 116 valence electrons. The Labute approximate surface area is 133 Å². The minimum atomic E-state index is -0.213. The van der Waals surface area contributed by atoms with Crippen molar-refractivity contribution >= 4 is 5.97 Å². The van der Waals surface area contributed by atoms with E-state index in [0.29, 0.717) is 13.0 Å². The molecule has 22 heavy (non-hydrogen) atoms. The summed E-state index contributed by atoms with van der Waals surface area (Å²) in [5, 5.41) is 0. The number of esters is 1. The molecule has 1 aromatic carbocycles. The number of hydrogen-bond donors (Lipinski definition) is 0. The summed E-state index contributed by atoms with van der Waals surface area (Å²) in [4.78, 5) is 12.2. The lowest BCUT2D eigenvalue weighted by Gasteiger charge is -2.23. The molecule has 2 rings (SSSR count). The Hall–Kier alpha value is -2.09. The maximum atomic E-state index is 12.2. The Bertz CT molecular complexity index is 606. The Morgan fingerprint density at radius 2 is 2.05 bits per heavy atom. The molecular formula is C20H24O2. The number of carbonyl (C=O) groups excluding carboxylic acids is 1. The van der Waals surface area contributed by atoms with Crippen molar-refractivity contribution in [3.05, 3.63) is 70.8 Å². The number of unbranched alkanes of at least 4 members (excludes halogenated alkanes) is 2. The van der Waals surface area contributed by atoms with Crippen molar-refractivity contribution in [2.45, 2.75) is 39.5 Å². The lowest BCUT2D eigenvalue weighted by Crippen LogP contribution is -2.22. The van der Waals surface area contributed by atoms with Crippen LogP contribution < -0.4 is 0 Å². The zero-order valence-corrected chi connectivity index (χ0v) is 13.5. The van der Waals surface area contributed by atoms with Crippen molar-refractivity contribution in [1.29, 1.82) is 0 Å². The van der Waals surface area contributed by atoms with Crippen LogP contribution >= 0.6 is 0 Å². The Morgan fingerprint density at radius 1 is 1.32 bits per heavy atom. The molecule has 0 saturated carbocycles. The van der Waals surface area contributed by atoms with Crippen LogP contribution in [0.15, 0.2) is 65.3 Å². The maximum Gasteiger partial charge on any atom is 0.335 e. The molecule has 0 aromatic heterocycles. The van der Waals surface area contributed by atoms with Crippen molar-refractivity contribution in [1.82, 2.24) is 0 Å². The zero-order valence-electron chi connectivity index (χ0n) is 13.5. The third-order valence-corrected chi connectivity index (χ3v) is 3.83. The molecule has 0 atom stereocenters. The molecule has 1 aliphatic heterocycles. The van der Waals surface area contributed by atoms with E-state index in [1.807, 2.05) is 37.3 Å². The van der Waals surface area contributed by atoms with E-state index in [4.69, 9.17) is 4.74 Å². The summed E-state index contributed by atoms with van der Waals surface area (Å²) in [5.41, 5.74) is 4.88. The van der Waals surface area contributed by atoms with Crippen LogP contribution in [-0.2, 0) is 16.0 Å². The first-order valence-electron chi connectivity index (χ1n) is 7.93. The standard InChI is InChI=1S/C20H24O2/c1-4-5-7-12-17-14-22-20(21)18(19(17)15(2)3)13-16-10-8-6-9-11-16/h6,8-12H,2,4-5,7,13-14H2,1,3H3/b17-12+. The number of allylic oxidation sites excluding steroid dienone is 2. The second-order valence-corrected chi connectivity index (χ2v) is 5.74. The first-order chi connectivity index (χ1) is 10.6. The second-order valence-electron chi connectivity index (χ2n) is 5.74. The fourth-order valence-electron chi connectivity index (χ4n) is 2.73. The number of cyclic esters (lactones) is 1. The summed E-state index contributed by atoms with van der Waals surface area (Å²) >= 11 is 0. The summed E-state index contributed by atoms with van der Waals surface area (Å²) in [6, 6.07) is 10.0. The van der Waals surface area contributed by atoms with Gasteiger partial charge in [-0.1, -0.05) is 68.3 Å². The molecule has 2 heteroatoms. The molecule has 2 nitrogen and oxygen atoms in total. The molecular weight excluding hydrogens is 272 g/mol. The predicted octanol–water partition coefficient (Wildman–Crippen LogP) is 4.78. The SMILES string of the molecule is C=C(C)C1=C(Cc2ccccc2)C(=O)OC/C1=C\CCCC. The Balaban J connectivity index is 2.37. The first-order valence-corrected chi connectivity index (χ1v) is 7.93. The molecule has 0 N–H and O–H groups in total. The van der Waals surface area contributed by atoms with Crippen LogP contribution in [0.3, 0.4) is 0 Å². The monoisotopic (exact) mass is 296 g/mol. The van der Waals surface area contributed by atoms with Crippen LogP contribution in [0.2, 0.25) is 0 Å². The van der Waals surface area contributed by atoms with Crippen LogP contribution in [0.4, 0.5) is 0 Å². The molecule has 0 bridgehead atoms. The summed E-state index contributed by atoms with van der Waals surface area (Å²) in [6.07, 6.45) is 6.11. The van der Waals surface area contributed by atoms with Gasteiger partial charge in [0.05, 0.1) is 0 Å². The van der Waals surface area contributed by atoms with Gasteiger partial charge in [-0.15, -0.1) is 0 Å². The van der Waals surface area contributed by atoms with Gasteiger partial charge >= 0.3 is 5.97 Å². The average Bonchev–Trinajstić information content (AvgIpc) is 2.51. The van der Waals surface area contributed by atoms with E-state index in [1.54, 1.807) is 0 Å². The smallest absolute Gasteiger partial charge is 0.335 e. The van der Waals surface area contributed by atoms with Gasteiger partial charge in [-0.25, -0.2) is 4.79 Å². The van der Waals surface area contributed by atoms with E-state index < -0.39 is 0 Å². The molecule has 0 saturated heterocycles. The predicted molar refractivity (Wildman–Crippen MR) is 90.6 cm³/mol. The third kappa shape index (κ3) is 3.97. The van der Waals surface area contributed by atoms with Crippen molar-refractivity contribution in [3.63, 3.8) is 0 Å². The quantitative estimate of drug-likeness (QED) is 0.558. The van der Waals surface area contributed by atoms with Gasteiger partial charge in [-0.2, -0.15) is 0 Å². The largest absolute Gasteiger partial charge is 0.457 e. The zero-order chi connectivity index (χ0) is 15.9. The van der Waals surface area contributed by atoms with Gasteiger partial charge < -0.3 is 4.74 Å². The van der Waals surface area contributed by atoms with Gasteiger partial charge in [-0.05, 0) is 30.1 Å². The van der Waals surface area contributed by atoms with Gasteiger partial charge in [0, 0.05) is 12.0 Å². The molecule has 1 aromatic rings. The van der Waals surface area contributed by atoms with Crippen molar-refractivity contribution in [3.8, 4) is 0 Å². The first kappa shape index (κ1) is 16.3. The fraction of sp³-hybridized carbons (Fsp3) is 0.350. The Morgan fingerprint density at radius 3 is 2.68 bits per heavy atom. The highest BCUT2D eigenvalue weighted by molar-refractivity contribution is 5.93. The molecule has 0 fully saturated rings. The minimum absolute atomic E-state index is 0.213. The van der Waals surface area contributed by atoms with E-state index in [9.17, 15) is 4.79 Å². The van der Waals surface area contributed by atoms with Crippen LogP contribution in [0.5, 0.6) is 0 Å². The number of hydrogen-bond acceptors (Lipinski definition) is 2. The average molecular weight is 296 g/mol. The van der Waals surface area contributed by atoms with E-state index in [0.717, 1.165) is 47.1 Å². The number of carbonyl (C=O) groups is 1. The lowest BCUT2D eigenvalue weighted by molar-refractivity contribution is -0.138. The number of benzene rings is 1. The third-order valence-electron chi connectivity index (χ3n) is 3.83. The van der Waals surface area contributed by atoms with Gasteiger partial charge in [0.25, 0.3) is 0 Å². The van der Waals surface area contributed by atoms with E-state index >= 15 is 0 Å².